The van der Waals surface area contributed by atoms with Crippen LogP contribution in [0.15, 0.2) is 35.4 Å². The highest BCUT2D eigenvalue weighted by molar-refractivity contribution is 7.20. The zero-order chi connectivity index (χ0) is 19.6. The molecule has 8 heteroatoms. The summed E-state index contributed by atoms with van der Waals surface area (Å²) in [5, 5.41) is 1.18. The Morgan fingerprint density at radius 1 is 1.33 bits per heavy atom. The number of amides is 1. The van der Waals surface area contributed by atoms with Gasteiger partial charge in [-0.1, -0.05) is 11.6 Å². The zero-order valence-corrected chi connectivity index (χ0v) is 16.9. The molecule has 6 nitrogen and oxygen atoms in total. The largest absolute Gasteiger partial charge is 0.494 e. The van der Waals surface area contributed by atoms with Crippen LogP contribution in [-0.2, 0) is 7.05 Å². The smallest absolute Gasteiger partial charge is 0.264 e. The van der Waals surface area contributed by atoms with E-state index in [1.165, 1.54) is 22.2 Å². The lowest BCUT2D eigenvalue weighted by Crippen LogP contribution is -2.28. The molecule has 2 aromatic heterocycles. The van der Waals surface area contributed by atoms with Gasteiger partial charge in [-0.25, -0.2) is 4.98 Å². The van der Waals surface area contributed by atoms with E-state index in [1.807, 2.05) is 12.1 Å². The number of ether oxygens (including phenoxy) is 1. The molecule has 0 fully saturated rings. The molecule has 0 radical (unpaired) electrons. The van der Waals surface area contributed by atoms with E-state index in [4.69, 9.17) is 16.3 Å². The number of hydrogen-bond donors (Lipinski definition) is 0. The van der Waals surface area contributed by atoms with Gasteiger partial charge in [0.25, 0.3) is 11.5 Å². The lowest BCUT2D eigenvalue weighted by molar-refractivity contribution is 0.0792. The summed E-state index contributed by atoms with van der Waals surface area (Å²) in [4.78, 5) is 32.1. The zero-order valence-electron chi connectivity index (χ0n) is 15.4. The number of fused-ring (bicyclic) bond motifs is 1. The Kier molecular flexibility index (Phi) is 5.82. The van der Waals surface area contributed by atoms with Gasteiger partial charge < -0.3 is 14.2 Å². The van der Waals surface area contributed by atoms with Crippen LogP contribution in [0.4, 0.5) is 0 Å². The molecule has 1 amide bonds. The number of nitrogens with zero attached hydrogens (tertiary/aromatic N) is 3. The summed E-state index contributed by atoms with van der Waals surface area (Å²) < 4.78 is 7.07. The average molecular weight is 406 g/mol. The molecule has 142 valence electrons. The summed E-state index contributed by atoms with van der Waals surface area (Å²) >= 11 is 7.11. The summed E-state index contributed by atoms with van der Waals surface area (Å²) in [5.74, 6) is 0.639. The fourth-order valence-electron chi connectivity index (χ4n) is 2.71. The van der Waals surface area contributed by atoms with Gasteiger partial charge in [-0.05, 0) is 43.2 Å². The van der Waals surface area contributed by atoms with E-state index >= 15 is 0 Å². The van der Waals surface area contributed by atoms with Crippen LogP contribution in [0.5, 0.6) is 5.75 Å². The maximum atomic E-state index is 12.8. The van der Waals surface area contributed by atoms with Crippen molar-refractivity contribution in [1.82, 2.24) is 14.5 Å². The predicted molar refractivity (Wildman–Crippen MR) is 108 cm³/mol. The minimum Gasteiger partial charge on any atom is -0.494 e. The van der Waals surface area contributed by atoms with E-state index in [2.05, 4.69) is 4.98 Å². The highest BCUT2D eigenvalue weighted by atomic mass is 35.5. The number of halogens is 1. The lowest BCUT2D eigenvalue weighted by Gasteiger charge is -2.17. The Balaban J connectivity index is 1.63. The second-order valence-corrected chi connectivity index (χ2v) is 7.72. The van der Waals surface area contributed by atoms with Gasteiger partial charge in [0, 0.05) is 25.7 Å². The number of carbonyl (C=O) groups excluding carboxylic acids is 1. The molecule has 3 aromatic rings. The number of aromatic nitrogens is 2. The van der Waals surface area contributed by atoms with Crippen molar-refractivity contribution in [3.63, 3.8) is 0 Å². The van der Waals surface area contributed by atoms with Crippen molar-refractivity contribution < 1.29 is 9.53 Å². The third-order valence-electron chi connectivity index (χ3n) is 4.27. The van der Waals surface area contributed by atoms with E-state index < -0.39 is 0 Å². The average Bonchev–Trinajstić information content (AvgIpc) is 2.99. The molecule has 1 aromatic carbocycles. The van der Waals surface area contributed by atoms with E-state index in [-0.39, 0.29) is 11.5 Å². The summed E-state index contributed by atoms with van der Waals surface area (Å²) in [6, 6.07) is 7.17. The number of benzene rings is 1. The first-order valence-electron chi connectivity index (χ1n) is 8.47. The van der Waals surface area contributed by atoms with Crippen molar-refractivity contribution in [2.45, 2.75) is 13.3 Å². The summed E-state index contributed by atoms with van der Waals surface area (Å²) in [6.45, 7) is 2.84. The fourth-order valence-corrected chi connectivity index (χ4v) is 3.97. The molecular weight excluding hydrogens is 386 g/mol. The molecule has 0 aliphatic rings. The van der Waals surface area contributed by atoms with Crippen LogP contribution < -0.4 is 10.3 Å². The van der Waals surface area contributed by atoms with Gasteiger partial charge in [-0.15, -0.1) is 11.3 Å². The van der Waals surface area contributed by atoms with Crippen LogP contribution in [-0.4, -0.2) is 40.6 Å². The monoisotopic (exact) mass is 405 g/mol. The molecule has 0 unspecified atom stereocenters. The second kappa shape index (κ2) is 8.10. The molecule has 0 aliphatic heterocycles. The SMILES string of the molecule is Cc1c(C(=O)N(C)CCCOc2ccc(Cl)cc2)sc2ncn(C)c(=O)c12. The van der Waals surface area contributed by atoms with Crippen molar-refractivity contribution in [3.05, 3.63) is 56.4 Å². The van der Waals surface area contributed by atoms with Gasteiger partial charge in [0.05, 0.1) is 23.2 Å². The van der Waals surface area contributed by atoms with Gasteiger partial charge in [0.15, 0.2) is 0 Å². The lowest BCUT2D eigenvalue weighted by atomic mass is 10.2. The van der Waals surface area contributed by atoms with Gasteiger partial charge in [0.2, 0.25) is 0 Å². The highest BCUT2D eigenvalue weighted by Crippen LogP contribution is 2.27. The topological polar surface area (TPSA) is 64.4 Å². The first-order valence-corrected chi connectivity index (χ1v) is 9.66. The molecule has 0 bridgehead atoms. The number of aryl methyl sites for hydroxylation is 2. The van der Waals surface area contributed by atoms with Crippen LogP contribution in [0.3, 0.4) is 0 Å². The Hall–Kier alpha value is -2.38. The van der Waals surface area contributed by atoms with Crippen LogP contribution in [0, 0.1) is 6.92 Å². The van der Waals surface area contributed by atoms with Gasteiger partial charge >= 0.3 is 0 Å². The number of thiophene rings is 1. The van der Waals surface area contributed by atoms with E-state index in [1.54, 1.807) is 38.1 Å². The molecule has 0 atom stereocenters. The molecule has 27 heavy (non-hydrogen) atoms. The Labute approximate surface area is 166 Å². The minimum atomic E-state index is -0.133. The van der Waals surface area contributed by atoms with Crippen molar-refractivity contribution in [1.29, 1.82) is 0 Å². The molecule has 3 rings (SSSR count). The van der Waals surface area contributed by atoms with E-state index in [9.17, 15) is 9.59 Å². The highest BCUT2D eigenvalue weighted by Gasteiger charge is 2.21. The van der Waals surface area contributed by atoms with Crippen molar-refractivity contribution in [2.75, 3.05) is 20.2 Å². The fraction of sp³-hybridized carbons (Fsp3) is 0.316. The van der Waals surface area contributed by atoms with Gasteiger partial charge in [0.1, 0.15) is 10.6 Å². The predicted octanol–water partition coefficient (Wildman–Crippen LogP) is 3.50. The molecular formula is C19H20ClN3O3S. The number of rotatable bonds is 6. The maximum absolute atomic E-state index is 12.8. The number of carbonyl (C=O) groups is 1. The third kappa shape index (κ3) is 4.14. The Morgan fingerprint density at radius 2 is 2.04 bits per heavy atom. The third-order valence-corrected chi connectivity index (χ3v) is 5.71. The minimum absolute atomic E-state index is 0.107. The Morgan fingerprint density at radius 3 is 2.74 bits per heavy atom. The van der Waals surface area contributed by atoms with Crippen molar-refractivity contribution in [2.24, 2.45) is 7.05 Å². The van der Waals surface area contributed by atoms with Crippen molar-refractivity contribution in [3.8, 4) is 5.75 Å². The summed E-state index contributed by atoms with van der Waals surface area (Å²) in [7, 11) is 3.40. The Bertz CT molecular complexity index is 1030. The summed E-state index contributed by atoms with van der Waals surface area (Å²) in [5.41, 5.74) is 0.560. The van der Waals surface area contributed by atoms with Gasteiger partial charge in [-0.3, -0.25) is 9.59 Å². The normalized spacial score (nSPS) is 11.0. The molecule has 0 spiro atoms. The quantitative estimate of drug-likeness (QED) is 0.589. The van der Waals surface area contributed by atoms with Crippen LogP contribution in [0.25, 0.3) is 10.2 Å². The molecule has 0 saturated carbocycles. The van der Waals surface area contributed by atoms with Crippen LogP contribution in [0.1, 0.15) is 21.7 Å². The second-order valence-electron chi connectivity index (χ2n) is 6.28. The molecule has 0 saturated heterocycles. The maximum Gasteiger partial charge on any atom is 0.264 e. The molecule has 0 aliphatic carbocycles. The number of hydrogen-bond acceptors (Lipinski definition) is 5. The molecule has 0 N–H and O–H groups in total. The van der Waals surface area contributed by atoms with Gasteiger partial charge in [-0.2, -0.15) is 0 Å². The molecule has 2 heterocycles. The first-order chi connectivity index (χ1) is 12.9. The first kappa shape index (κ1) is 19.4. The van der Waals surface area contributed by atoms with Crippen LogP contribution in [0.2, 0.25) is 5.02 Å². The summed E-state index contributed by atoms with van der Waals surface area (Å²) in [6.07, 6.45) is 2.17. The standard InChI is InChI=1S/C19H20ClN3O3S/c1-12-15-17(21-11-23(3)18(15)24)27-16(12)19(25)22(2)9-4-10-26-14-7-5-13(20)6-8-14/h5-8,11H,4,9-10H2,1-3H3. The van der Waals surface area contributed by atoms with E-state index in [0.717, 1.165) is 5.75 Å². The van der Waals surface area contributed by atoms with E-state index in [0.29, 0.717) is 45.3 Å². The van der Waals surface area contributed by atoms with Crippen LogP contribution >= 0.6 is 22.9 Å². The van der Waals surface area contributed by atoms with Crippen molar-refractivity contribution >= 4 is 39.1 Å².